The molecule has 0 saturated carbocycles. The van der Waals surface area contributed by atoms with E-state index in [4.69, 9.17) is 4.74 Å². The number of aliphatic hydroxyl groups is 1. The quantitative estimate of drug-likeness (QED) is 0.608. The molecule has 86 valence electrons. The first-order valence-electron chi connectivity index (χ1n) is 5.86. The van der Waals surface area contributed by atoms with Crippen LogP contribution in [0.25, 0.3) is 0 Å². The van der Waals surface area contributed by atoms with Gasteiger partial charge in [0.2, 0.25) is 0 Å². The molecule has 1 aromatic rings. The predicted molar refractivity (Wildman–Crippen MR) is 64.6 cm³/mol. The molecule has 1 aliphatic carbocycles. The second-order valence-electron chi connectivity index (χ2n) is 4.19. The highest BCUT2D eigenvalue weighted by molar-refractivity contribution is 5.39. The summed E-state index contributed by atoms with van der Waals surface area (Å²) >= 11 is 0. The number of ether oxygens (including phenoxy) is 1. The first-order valence-corrected chi connectivity index (χ1v) is 5.86. The SMILES string of the molecule is C=CCCCOc1ccc2c(c1)CCC2O. The average Bonchev–Trinajstić information content (AvgIpc) is 2.66. The van der Waals surface area contributed by atoms with Crippen molar-refractivity contribution < 1.29 is 9.84 Å². The van der Waals surface area contributed by atoms with Crippen LogP contribution in [0.15, 0.2) is 30.9 Å². The second-order valence-corrected chi connectivity index (χ2v) is 4.19. The fraction of sp³-hybridized carbons (Fsp3) is 0.429. The van der Waals surface area contributed by atoms with E-state index in [2.05, 4.69) is 12.6 Å². The number of rotatable bonds is 5. The Labute approximate surface area is 96.6 Å². The summed E-state index contributed by atoms with van der Waals surface area (Å²) in [6, 6.07) is 5.98. The van der Waals surface area contributed by atoms with E-state index in [1.165, 1.54) is 5.56 Å². The Bertz CT molecular complexity index is 371. The zero-order chi connectivity index (χ0) is 11.4. The molecule has 0 heterocycles. The number of fused-ring (bicyclic) bond motifs is 1. The normalized spacial score (nSPS) is 18.2. The lowest BCUT2D eigenvalue weighted by atomic mass is 10.1. The molecule has 0 amide bonds. The number of aryl methyl sites for hydroxylation is 1. The summed E-state index contributed by atoms with van der Waals surface area (Å²) < 4.78 is 5.64. The molecule has 1 aromatic carbocycles. The molecule has 0 aliphatic heterocycles. The lowest BCUT2D eigenvalue weighted by Crippen LogP contribution is -1.97. The molecule has 1 unspecified atom stereocenters. The molecule has 1 aliphatic rings. The average molecular weight is 218 g/mol. The Morgan fingerprint density at radius 2 is 2.38 bits per heavy atom. The van der Waals surface area contributed by atoms with Crippen LogP contribution in [0.5, 0.6) is 5.75 Å². The molecule has 0 spiro atoms. The summed E-state index contributed by atoms with van der Waals surface area (Å²) in [5.41, 5.74) is 2.30. The van der Waals surface area contributed by atoms with Gasteiger partial charge in [0.1, 0.15) is 5.75 Å². The van der Waals surface area contributed by atoms with Crippen molar-refractivity contribution in [3.8, 4) is 5.75 Å². The maximum atomic E-state index is 9.67. The van der Waals surface area contributed by atoms with E-state index in [0.717, 1.165) is 43.6 Å². The van der Waals surface area contributed by atoms with E-state index in [1.54, 1.807) is 0 Å². The Morgan fingerprint density at radius 3 is 3.19 bits per heavy atom. The molecule has 2 rings (SSSR count). The van der Waals surface area contributed by atoms with Gasteiger partial charge in [0.05, 0.1) is 12.7 Å². The van der Waals surface area contributed by atoms with Crippen molar-refractivity contribution in [2.75, 3.05) is 6.61 Å². The van der Waals surface area contributed by atoms with Gasteiger partial charge in [0, 0.05) is 0 Å². The van der Waals surface area contributed by atoms with Gasteiger partial charge in [0.25, 0.3) is 0 Å². The first-order chi connectivity index (χ1) is 7.81. The van der Waals surface area contributed by atoms with Gasteiger partial charge in [-0.3, -0.25) is 0 Å². The first kappa shape index (κ1) is 11.2. The molecule has 0 radical (unpaired) electrons. The van der Waals surface area contributed by atoms with Gasteiger partial charge in [-0.05, 0) is 48.9 Å². The largest absolute Gasteiger partial charge is 0.494 e. The number of benzene rings is 1. The van der Waals surface area contributed by atoms with Gasteiger partial charge in [0.15, 0.2) is 0 Å². The van der Waals surface area contributed by atoms with Crippen LogP contribution in [0.3, 0.4) is 0 Å². The minimum absolute atomic E-state index is 0.273. The van der Waals surface area contributed by atoms with E-state index in [1.807, 2.05) is 18.2 Å². The number of hydrogen-bond acceptors (Lipinski definition) is 2. The maximum absolute atomic E-state index is 9.67. The molecule has 0 aromatic heterocycles. The van der Waals surface area contributed by atoms with Crippen molar-refractivity contribution in [1.82, 2.24) is 0 Å². The smallest absolute Gasteiger partial charge is 0.119 e. The summed E-state index contributed by atoms with van der Waals surface area (Å²) in [7, 11) is 0. The van der Waals surface area contributed by atoms with Crippen molar-refractivity contribution in [3.05, 3.63) is 42.0 Å². The molecule has 0 fully saturated rings. The Kier molecular flexibility index (Phi) is 3.62. The topological polar surface area (TPSA) is 29.5 Å². The molecule has 0 saturated heterocycles. The van der Waals surface area contributed by atoms with E-state index in [9.17, 15) is 5.11 Å². The standard InChI is InChI=1S/C14H18O2/c1-2-3-4-9-16-12-6-7-13-11(10-12)5-8-14(13)15/h2,6-7,10,14-15H,1,3-5,8-9H2. The van der Waals surface area contributed by atoms with Crippen molar-refractivity contribution in [1.29, 1.82) is 0 Å². The van der Waals surface area contributed by atoms with Gasteiger partial charge in [-0.25, -0.2) is 0 Å². The van der Waals surface area contributed by atoms with Crippen molar-refractivity contribution in [3.63, 3.8) is 0 Å². The van der Waals surface area contributed by atoms with Crippen LogP contribution in [0.2, 0.25) is 0 Å². The van der Waals surface area contributed by atoms with E-state index in [0.29, 0.717) is 0 Å². The summed E-state index contributed by atoms with van der Waals surface area (Å²) in [4.78, 5) is 0. The lowest BCUT2D eigenvalue weighted by Gasteiger charge is -2.08. The maximum Gasteiger partial charge on any atom is 0.119 e. The number of aliphatic hydroxyl groups excluding tert-OH is 1. The van der Waals surface area contributed by atoms with Crippen LogP contribution in [0.1, 0.15) is 36.5 Å². The molecule has 1 N–H and O–H groups in total. The van der Waals surface area contributed by atoms with Crippen LogP contribution < -0.4 is 4.74 Å². The third-order valence-electron chi connectivity index (χ3n) is 2.98. The highest BCUT2D eigenvalue weighted by Crippen LogP contribution is 2.33. The van der Waals surface area contributed by atoms with Crippen LogP contribution in [-0.2, 0) is 6.42 Å². The highest BCUT2D eigenvalue weighted by Gasteiger charge is 2.20. The van der Waals surface area contributed by atoms with Crippen molar-refractivity contribution in [2.24, 2.45) is 0 Å². The number of hydrogen-bond donors (Lipinski definition) is 1. The predicted octanol–water partition coefficient (Wildman–Crippen LogP) is 3.01. The molecule has 0 bridgehead atoms. The Morgan fingerprint density at radius 1 is 1.50 bits per heavy atom. The summed E-state index contributed by atoms with van der Waals surface area (Å²) in [5, 5.41) is 9.67. The third-order valence-corrected chi connectivity index (χ3v) is 2.98. The minimum atomic E-state index is -0.273. The summed E-state index contributed by atoms with van der Waals surface area (Å²) in [6.45, 7) is 4.41. The molecular formula is C14H18O2. The number of unbranched alkanes of at least 4 members (excludes halogenated alkanes) is 1. The van der Waals surface area contributed by atoms with Gasteiger partial charge < -0.3 is 9.84 Å². The van der Waals surface area contributed by atoms with E-state index in [-0.39, 0.29) is 6.10 Å². The molecular weight excluding hydrogens is 200 g/mol. The van der Waals surface area contributed by atoms with Crippen LogP contribution in [-0.4, -0.2) is 11.7 Å². The highest BCUT2D eigenvalue weighted by atomic mass is 16.5. The molecule has 16 heavy (non-hydrogen) atoms. The molecule has 1 atom stereocenters. The zero-order valence-corrected chi connectivity index (χ0v) is 9.48. The molecule has 2 heteroatoms. The van der Waals surface area contributed by atoms with E-state index >= 15 is 0 Å². The second kappa shape index (κ2) is 5.17. The fourth-order valence-electron chi connectivity index (χ4n) is 2.08. The van der Waals surface area contributed by atoms with Crippen LogP contribution in [0, 0.1) is 0 Å². The minimum Gasteiger partial charge on any atom is -0.494 e. The van der Waals surface area contributed by atoms with Gasteiger partial charge in [-0.15, -0.1) is 6.58 Å². The third kappa shape index (κ3) is 2.45. The van der Waals surface area contributed by atoms with Crippen molar-refractivity contribution >= 4 is 0 Å². The number of allylic oxidation sites excluding steroid dienone is 1. The fourth-order valence-corrected chi connectivity index (χ4v) is 2.08. The van der Waals surface area contributed by atoms with Crippen LogP contribution >= 0.6 is 0 Å². The van der Waals surface area contributed by atoms with Gasteiger partial charge >= 0.3 is 0 Å². The van der Waals surface area contributed by atoms with Crippen LogP contribution in [0.4, 0.5) is 0 Å². The Hall–Kier alpha value is -1.28. The summed E-state index contributed by atoms with van der Waals surface area (Å²) in [5.74, 6) is 0.914. The van der Waals surface area contributed by atoms with Gasteiger partial charge in [-0.1, -0.05) is 12.1 Å². The van der Waals surface area contributed by atoms with Gasteiger partial charge in [-0.2, -0.15) is 0 Å². The lowest BCUT2D eigenvalue weighted by molar-refractivity contribution is 0.180. The molecule has 2 nitrogen and oxygen atoms in total. The Balaban J connectivity index is 1.94. The summed E-state index contributed by atoms with van der Waals surface area (Å²) in [6.07, 6.45) is 5.43. The monoisotopic (exact) mass is 218 g/mol. The van der Waals surface area contributed by atoms with E-state index < -0.39 is 0 Å². The van der Waals surface area contributed by atoms with Crippen molar-refractivity contribution in [2.45, 2.75) is 31.8 Å². The zero-order valence-electron chi connectivity index (χ0n) is 9.48.